The summed E-state index contributed by atoms with van der Waals surface area (Å²) in [5, 5.41) is 3.18. The standard InChI is InChI=1S/C22H21ClF2N2O2/c23-16-9-15(10-18(25)11-16)21(29)26-20-12-22(20)5-7-27(8-6-22)13-19(28)14-1-3-17(24)4-2-14/h1-4,9-11,20H,5-8,12-13H2,(H,26,29). The number of likely N-dealkylation sites (tertiary alicyclic amines) is 1. The van der Waals surface area contributed by atoms with Crippen LogP contribution in [0.15, 0.2) is 42.5 Å². The molecule has 1 aliphatic heterocycles. The van der Waals surface area contributed by atoms with Gasteiger partial charge in [0.2, 0.25) is 0 Å². The molecule has 1 N–H and O–H groups in total. The average molecular weight is 419 g/mol. The molecule has 2 aromatic rings. The van der Waals surface area contributed by atoms with Crippen LogP contribution in [-0.2, 0) is 0 Å². The lowest BCUT2D eigenvalue weighted by molar-refractivity contribution is 0.0877. The van der Waals surface area contributed by atoms with Gasteiger partial charge in [0, 0.05) is 22.2 Å². The number of halogens is 3. The summed E-state index contributed by atoms with van der Waals surface area (Å²) in [4.78, 5) is 26.9. The van der Waals surface area contributed by atoms with Gasteiger partial charge in [0.15, 0.2) is 5.78 Å². The number of amides is 1. The first-order chi connectivity index (χ1) is 13.8. The van der Waals surface area contributed by atoms with E-state index in [2.05, 4.69) is 10.2 Å². The highest BCUT2D eigenvalue weighted by Crippen LogP contribution is 2.53. The fraction of sp³-hybridized carbons (Fsp3) is 0.364. The van der Waals surface area contributed by atoms with Crippen molar-refractivity contribution in [1.29, 1.82) is 0 Å². The molecule has 1 heterocycles. The van der Waals surface area contributed by atoms with Gasteiger partial charge in [-0.15, -0.1) is 0 Å². The molecule has 1 spiro atoms. The summed E-state index contributed by atoms with van der Waals surface area (Å²) in [6.45, 7) is 1.84. The van der Waals surface area contributed by atoms with Crippen LogP contribution in [0.4, 0.5) is 8.78 Å². The normalized spacial score (nSPS) is 20.4. The minimum Gasteiger partial charge on any atom is -0.349 e. The van der Waals surface area contributed by atoms with E-state index in [1.165, 1.54) is 42.5 Å². The van der Waals surface area contributed by atoms with Crippen LogP contribution >= 0.6 is 11.6 Å². The number of Topliss-reactive ketones (excluding diaryl/α,β-unsaturated/α-hetero) is 1. The molecular formula is C22H21ClF2N2O2. The molecule has 0 radical (unpaired) electrons. The van der Waals surface area contributed by atoms with Crippen molar-refractivity contribution in [3.05, 3.63) is 70.2 Å². The zero-order valence-electron chi connectivity index (χ0n) is 15.8. The molecule has 1 unspecified atom stereocenters. The maximum Gasteiger partial charge on any atom is 0.251 e. The maximum atomic E-state index is 13.5. The summed E-state index contributed by atoms with van der Waals surface area (Å²) in [7, 11) is 0. The van der Waals surface area contributed by atoms with Gasteiger partial charge in [-0.25, -0.2) is 8.78 Å². The van der Waals surface area contributed by atoms with Gasteiger partial charge < -0.3 is 5.32 Å². The van der Waals surface area contributed by atoms with Crippen molar-refractivity contribution >= 4 is 23.3 Å². The molecule has 7 heteroatoms. The van der Waals surface area contributed by atoms with Crippen molar-refractivity contribution in [2.24, 2.45) is 5.41 Å². The van der Waals surface area contributed by atoms with Gasteiger partial charge in [0.25, 0.3) is 5.91 Å². The van der Waals surface area contributed by atoms with E-state index in [4.69, 9.17) is 11.6 Å². The van der Waals surface area contributed by atoms with Crippen molar-refractivity contribution < 1.29 is 18.4 Å². The second-order valence-corrected chi connectivity index (χ2v) is 8.39. The molecule has 2 fully saturated rings. The van der Waals surface area contributed by atoms with Crippen molar-refractivity contribution in [3.63, 3.8) is 0 Å². The average Bonchev–Trinajstić information content (AvgIpc) is 3.34. The molecule has 1 amide bonds. The molecule has 1 atom stereocenters. The van der Waals surface area contributed by atoms with Crippen LogP contribution < -0.4 is 5.32 Å². The number of carbonyl (C=O) groups excluding carboxylic acids is 2. The predicted molar refractivity (Wildman–Crippen MR) is 106 cm³/mol. The van der Waals surface area contributed by atoms with E-state index in [-0.39, 0.29) is 39.6 Å². The Morgan fingerprint density at radius 3 is 2.38 bits per heavy atom. The van der Waals surface area contributed by atoms with E-state index >= 15 is 0 Å². The molecule has 1 saturated carbocycles. The zero-order chi connectivity index (χ0) is 20.6. The molecular weight excluding hydrogens is 398 g/mol. The van der Waals surface area contributed by atoms with Gasteiger partial charge in [-0.3, -0.25) is 14.5 Å². The lowest BCUT2D eigenvalue weighted by Crippen LogP contribution is -2.41. The minimum absolute atomic E-state index is 0.0235. The molecule has 4 nitrogen and oxygen atoms in total. The number of carbonyl (C=O) groups is 2. The van der Waals surface area contributed by atoms with Crippen LogP contribution in [0.1, 0.15) is 40.0 Å². The maximum absolute atomic E-state index is 13.5. The van der Waals surface area contributed by atoms with Crippen LogP contribution in [0, 0.1) is 17.0 Å². The molecule has 1 saturated heterocycles. The van der Waals surface area contributed by atoms with E-state index < -0.39 is 5.82 Å². The Bertz CT molecular complexity index is 920. The second-order valence-electron chi connectivity index (χ2n) is 7.96. The van der Waals surface area contributed by atoms with Crippen molar-refractivity contribution in [1.82, 2.24) is 10.2 Å². The summed E-state index contributed by atoms with van der Waals surface area (Å²) in [6.07, 6.45) is 2.67. The molecule has 2 aromatic carbocycles. The highest BCUT2D eigenvalue weighted by molar-refractivity contribution is 6.31. The molecule has 152 valence electrons. The number of nitrogens with one attached hydrogen (secondary N) is 1. The molecule has 0 aromatic heterocycles. The van der Waals surface area contributed by atoms with Gasteiger partial charge in [0.1, 0.15) is 11.6 Å². The first kappa shape index (κ1) is 20.0. The third kappa shape index (κ3) is 4.49. The third-order valence-corrected chi connectivity index (χ3v) is 6.22. The van der Waals surface area contributed by atoms with E-state index in [1.54, 1.807) is 0 Å². The van der Waals surface area contributed by atoms with Crippen LogP contribution in [-0.4, -0.2) is 42.3 Å². The first-order valence-electron chi connectivity index (χ1n) is 9.63. The molecule has 1 aliphatic carbocycles. The van der Waals surface area contributed by atoms with E-state index in [1.807, 2.05) is 0 Å². The Hall–Kier alpha value is -2.31. The number of hydrogen-bond donors (Lipinski definition) is 1. The largest absolute Gasteiger partial charge is 0.349 e. The third-order valence-electron chi connectivity index (χ3n) is 6.01. The Morgan fingerprint density at radius 1 is 1.03 bits per heavy atom. The Labute approximate surface area is 172 Å². The lowest BCUT2D eigenvalue weighted by Gasteiger charge is -2.32. The smallest absolute Gasteiger partial charge is 0.251 e. The SMILES string of the molecule is O=C(CN1CCC2(CC1)CC2NC(=O)c1cc(F)cc(Cl)c1)c1ccc(F)cc1. The van der Waals surface area contributed by atoms with E-state index in [0.717, 1.165) is 32.4 Å². The summed E-state index contributed by atoms with van der Waals surface area (Å²) in [5.41, 5.74) is 0.791. The van der Waals surface area contributed by atoms with E-state index in [9.17, 15) is 18.4 Å². The number of benzene rings is 2. The van der Waals surface area contributed by atoms with Crippen LogP contribution in [0.5, 0.6) is 0 Å². The fourth-order valence-electron chi connectivity index (χ4n) is 4.12. The summed E-state index contributed by atoms with van der Waals surface area (Å²) in [5.74, 6) is -1.23. The molecule has 4 rings (SSSR count). The summed E-state index contributed by atoms with van der Waals surface area (Å²) >= 11 is 5.83. The fourth-order valence-corrected chi connectivity index (χ4v) is 4.34. The quantitative estimate of drug-likeness (QED) is 0.744. The van der Waals surface area contributed by atoms with Crippen LogP contribution in [0.25, 0.3) is 0 Å². The summed E-state index contributed by atoms with van der Waals surface area (Å²) in [6, 6.07) is 9.47. The predicted octanol–water partition coefficient (Wildman–Crippen LogP) is 4.09. The monoisotopic (exact) mass is 418 g/mol. The second kappa shape index (κ2) is 7.84. The van der Waals surface area contributed by atoms with Gasteiger partial charge in [0.05, 0.1) is 6.54 Å². The first-order valence-corrected chi connectivity index (χ1v) is 10.0. The van der Waals surface area contributed by atoms with E-state index in [0.29, 0.717) is 12.1 Å². The number of nitrogens with zero attached hydrogens (tertiary/aromatic N) is 1. The van der Waals surface area contributed by atoms with Gasteiger partial charge in [-0.05, 0) is 80.2 Å². The van der Waals surface area contributed by atoms with Crippen LogP contribution in [0.3, 0.4) is 0 Å². The topological polar surface area (TPSA) is 49.4 Å². The van der Waals surface area contributed by atoms with Crippen molar-refractivity contribution in [3.8, 4) is 0 Å². The minimum atomic E-state index is -0.535. The number of hydrogen-bond acceptors (Lipinski definition) is 3. The summed E-state index contributed by atoms with van der Waals surface area (Å²) < 4.78 is 26.5. The molecule has 2 aliphatic rings. The van der Waals surface area contributed by atoms with Gasteiger partial charge in [-0.2, -0.15) is 0 Å². The van der Waals surface area contributed by atoms with Crippen molar-refractivity contribution in [2.45, 2.75) is 25.3 Å². The molecule has 0 bridgehead atoms. The lowest BCUT2D eigenvalue weighted by atomic mass is 9.92. The highest BCUT2D eigenvalue weighted by atomic mass is 35.5. The molecule has 29 heavy (non-hydrogen) atoms. The Morgan fingerprint density at radius 2 is 1.72 bits per heavy atom. The Kier molecular flexibility index (Phi) is 5.40. The van der Waals surface area contributed by atoms with Gasteiger partial charge in [-0.1, -0.05) is 11.6 Å². The van der Waals surface area contributed by atoms with Crippen LogP contribution in [0.2, 0.25) is 5.02 Å². The Balaban J connectivity index is 1.28. The van der Waals surface area contributed by atoms with Gasteiger partial charge >= 0.3 is 0 Å². The number of piperidine rings is 1. The highest BCUT2D eigenvalue weighted by Gasteiger charge is 2.55. The zero-order valence-corrected chi connectivity index (χ0v) is 16.5. The van der Waals surface area contributed by atoms with Crippen molar-refractivity contribution in [2.75, 3.05) is 19.6 Å². The number of rotatable bonds is 5. The number of ketones is 1.